The lowest BCUT2D eigenvalue weighted by atomic mass is 10.2. The minimum Gasteiger partial charge on any atom is -0.370 e. The number of aromatic nitrogens is 2. The van der Waals surface area contributed by atoms with Gasteiger partial charge in [-0.3, -0.25) is 0 Å². The van der Waals surface area contributed by atoms with Crippen LogP contribution in [0.3, 0.4) is 0 Å². The molecule has 3 rings (SSSR count). The summed E-state index contributed by atoms with van der Waals surface area (Å²) in [5.74, 6) is -0.0411. The molecule has 0 amide bonds. The molecule has 0 aliphatic rings. The molecule has 2 aromatic carbocycles. The van der Waals surface area contributed by atoms with E-state index < -0.39 is 0 Å². The molecule has 24 heavy (non-hydrogen) atoms. The molecule has 0 saturated heterocycles. The number of para-hydroxylation sites is 1. The molecular formula is C17H17FIN5. The van der Waals surface area contributed by atoms with Crippen LogP contribution in [0.25, 0.3) is 5.69 Å². The highest BCUT2D eigenvalue weighted by molar-refractivity contribution is 14.0. The van der Waals surface area contributed by atoms with Crippen molar-refractivity contribution in [2.24, 2.45) is 10.7 Å². The molecule has 0 saturated carbocycles. The van der Waals surface area contributed by atoms with E-state index in [0.29, 0.717) is 12.2 Å². The van der Waals surface area contributed by atoms with Crippen molar-refractivity contribution in [2.45, 2.75) is 6.54 Å². The molecule has 5 nitrogen and oxygen atoms in total. The van der Waals surface area contributed by atoms with Gasteiger partial charge in [0.15, 0.2) is 5.96 Å². The quantitative estimate of drug-likeness (QED) is 0.373. The predicted octanol–water partition coefficient (Wildman–Crippen LogP) is 3.56. The van der Waals surface area contributed by atoms with Crippen LogP contribution in [0.5, 0.6) is 0 Å². The number of guanidine groups is 1. The molecule has 124 valence electrons. The molecule has 0 bridgehead atoms. The maximum Gasteiger partial charge on any atom is 0.193 e. The summed E-state index contributed by atoms with van der Waals surface area (Å²) in [6.07, 6.45) is 4.85. The average Bonchev–Trinajstić information content (AvgIpc) is 3.08. The summed E-state index contributed by atoms with van der Waals surface area (Å²) < 4.78 is 15.8. The summed E-state index contributed by atoms with van der Waals surface area (Å²) in [4.78, 5) is 8.13. The number of halogens is 2. The molecule has 1 heterocycles. The third-order valence-corrected chi connectivity index (χ3v) is 3.27. The van der Waals surface area contributed by atoms with Crippen LogP contribution in [0.1, 0.15) is 5.56 Å². The molecule has 0 fully saturated rings. The fourth-order valence-electron chi connectivity index (χ4n) is 2.15. The molecule has 0 unspecified atom stereocenters. The van der Waals surface area contributed by atoms with Gasteiger partial charge in [-0.25, -0.2) is 14.4 Å². The summed E-state index contributed by atoms with van der Waals surface area (Å²) in [7, 11) is 0. The first kappa shape index (κ1) is 17.9. The minimum absolute atomic E-state index is 0. The molecule has 0 atom stereocenters. The zero-order valence-electron chi connectivity index (χ0n) is 12.8. The Bertz CT molecular complexity index is 803. The predicted molar refractivity (Wildman–Crippen MR) is 104 cm³/mol. The zero-order valence-corrected chi connectivity index (χ0v) is 15.1. The van der Waals surface area contributed by atoms with Gasteiger partial charge in [0.25, 0.3) is 0 Å². The van der Waals surface area contributed by atoms with Crippen molar-refractivity contribution in [3.8, 4) is 5.69 Å². The van der Waals surface area contributed by atoms with Crippen molar-refractivity contribution < 1.29 is 4.39 Å². The number of nitrogens with zero attached hydrogens (tertiary/aromatic N) is 3. The SMILES string of the molecule is I.NC(=NCc1ccc(-n2ccnc2)c(F)c1)Nc1ccccc1. The molecule has 7 heteroatoms. The number of nitrogens with two attached hydrogens (primary N) is 1. The Morgan fingerprint density at radius 2 is 2.00 bits per heavy atom. The number of hydrogen-bond donors (Lipinski definition) is 2. The third-order valence-electron chi connectivity index (χ3n) is 3.27. The van der Waals surface area contributed by atoms with Crippen LogP contribution >= 0.6 is 24.0 Å². The fraction of sp³-hybridized carbons (Fsp3) is 0.0588. The van der Waals surface area contributed by atoms with Gasteiger partial charge in [0.1, 0.15) is 5.82 Å². The van der Waals surface area contributed by atoms with Crippen molar-refractivity contribution in [2.75, 3.05) is 5.32 Å². The van der Waals surface area contributed by atoms with Gasteiger partial charge in [-0.15, -0.1) is 24.0 Å². The molecule has 3 N–H and O–H groups in total. The van der Waals surface area contributed by atoms with Crippen LogP contribution in [0.2, 0.25) is 0 Å². The minimum atomic E-state index is -0.328. The summed E-state index contributed by atoms with van der Waals surface area (Å²) in [6, 6.07) is 14.5. The van der Waals surface area contributed by atoms with Crippen molar-refractivity contribution in [3.63, 3.8) is 0 Å². The van der Waals surface area contributed by atoms with E-state index in [4.69, 9.17) is 5.73 Å². The zero-order chi connectivity index (χ0) is 16.1. The van der Waals surface area contributed by atoms with Crippen LogP contribution in [0, 0.1) is 5.82 Å². The number of imidazole rings is 1. The van der Waals surface area contributed by atoms with Crippen molar-refractivity contribution in [1.82, 2.24) is 9.55 Å². The summed E-state index contributed by atoms with van der Waals surface area (Å²) in [5, 5.41) is 2.98. The summed E-state index contributed by atoms with van der Waals surface area (Å²) in [6.45, 7) is 0.298. The first-order valence-corrected chi connectivity index (χ1v) is 7.11. The maximum atomic E-state index is 14.1. The second-order valence-corrected chi connectivity index (χ2v) is 4.95. The van der Waals surface area contributed by atoms with Crippen molar-refractivity contribution in [3.05, 3.63) is 78.6 Å². The van der Waals surface area contributed by atoms with Crippen LogP contribution in [0.15, 0.2) is 72.2 Å². The lowest BCUT2D eigenvalue weighted by Gasteiger charge is -2.07. The van der Waals surface area contributed by atoms with Gasteiger partial charge in [-0.2, -0.15) is 0 Å². The Morgan fingerprint density at radius 1 is 1.21 bits per heavy atom. The third kappa shape index (κ3) is 4.54. The first-order valence-electron chi connectivity index (χ1n) is 7.11. The Balaban J connectivity index is 0.00000208. The summed E-state index contributed by atoms with van der Waals surface area (Å²) >= 11 is 0. The smallest absolute Gasteiger partial charge is 0.193 e. The van der Waals surface area contributed by atoms with Crippen LogP contribution < -0.4 is 11.1 Å². The van der Waals surface area contributed by atoms with E-state index in [0.717, 1.165) is 11.3 Å². The van der Waals surface area contributed by atoms with Gasteiger partial charge < -0.3 is 15.6 Å². The fourth-order valence-corrected chi connectivity index (χ4v) is 2.15. The van der Waals surface area contributed by atoms with E-state index in [2.05, 4.69) is 15.3 Å². The van der Waals surface area contributed by atoms with E-state index in [1.165, 1.54) is 6.07 Å². The number of rotatable bonds is 4. The molecule has 0 aliphatic carbocycles. The molecule has 1 aromatic heterocycles. The number of hydrogen-bond acceptors (Lipinski definition) is 2. The van der Waals surface area contributed by atoms with Gasteiger partial charge in [0.2, 0.25) is 0 Å². The highest BCUT2D eigenvalue weighted by Crippen LogP contribution is 2.15. The van der Waals surface area contributed by atoms with Crippen LogP contribution in [-0.2, 0) is 6.54 Å². The Hall–Kier alpha value is -2.42. The number of anilines is 1. The van der Waals surface area contributed by atoms with Gasteiger partial charge in [0, 0.05) is 18.1 Å². The first-order chi connectivity index (χ1) is 11.2. The molecule has 0 radical (unpaired) electrons. The van der Waals surface area contributed by atoms with Gasteiger partial charge in [-0.05, 0) is 29.8 Å². The molecular weight excluding hydrogens is 420 g/mol. The standard InChI is InChI=1S/C17H16FN5.HI/c18-15-10-13(6-7-16(15)23-9-8-20-12-23)11-21-17(19)22-14-4-2-1-3-5-14;/h1-10,12H,11H2,(H3,19,21,22);1H. The highest BCUT2D eigenvalue weighted by Gasteiger charge is 2.05. The number of benzene rings is 2. The average molecular weight is 437 g/mol. The van der Waals surface area contributed by atoms with E-state index in [1.807, 2.05) is 36.4 Å². The van der Waals surface area contributed by atoms with E-state index >= 15 is 0 Å². The topological polar surface area (TPSA) is 68.2 Å². The van der Waals surface area contributed by atoms with E-state index in [-0.39, 0.29) is 35.8 Å². The Morgan fingerprint density at radius 3 is 2.67 bits per heavy atom. The van der Waals surface area contributed by atoms with Gasteiger partial charge >= 0.3 is 0 Å². The number of nitrogens with one attached hydrogen (secondary N) is 1. The van der Waals surface area contributed by atoms with Crippen molar-refractivity contribution in [1.29, 1.82) is 0 Å². The van der Waals surface area contributed by atoms with Gasteiger partial charge in [-0.1, -0.05) is 24.3 Å². The summed E-state index contributed by atoms with van der Waals surface area (Å²) in [5.41, 5.74) is 7.88. The Labute approximate surface area is 156 Å². The molecule has 0 aliphatic heterocycles. The van der Waals surface area contributed by atoms with Crippen LogP contribution in [-0.4, -0.2) is 15.5 Å². The normalized spacial score (nSPS) is 11.0. The van der Waals surface area contributed by atoms with E-state index in [9.17, 15) is 4.39 Å². The Kier molecular flexibility index (Phi) is 6.30. The second kappa shape index (κ2) is 8.44. The van der Waals surface area contributed by atoms with E-state index in [1.54, 1.807) is 29.4 Å². The largest absolute Gasteiger partial charge is 0.370 e. The molecule has 0 spiro atoms. The lowest BCUT2D eigenvalue weighted by Crippen LogP contribution is -2.22. The monoisotopic (exact) mass is 437 g/mol. The highest BCUT2D eigenvalue weighted by atomic mass is 127. The van der Waals surface area contributed by atoms with Gasteiger partial charge in [0.05, 0.1) is 18.6 Å². The second-order valence-electron chi connectivity index (χ2n) is 4.95. The van der Waals surface area contributed by atoms with Crippen molar-refractivity contribution >= 4 is 35.6 Å². The van der Waals surface area contributed by atoms with Crippen LogP contribution in [0.4, 0.5) is 10.1 Å². The lowest BCUT2D eigenvalue weighted by molar-refractivity contribution is 0.616. The molecule has 3 aromatic rings. The number of aliphatic imine (C=N–C) groups is 1. The maximum absolute atomic E-state index is 14.1.